The average molecular weight is 188 g/mol. The molecule has 1 rings (SSSR count). The number of hydrogen-bond acceptors (Lipinski definition) is 4. The molecule has 0 aromatic carbocycles. The van der Waals surface area contributed by atoms with Gasteiger partial charge in [0.25, 0.3) is 0 Å². The summed E-state index contributed by atoms with van der Waals surface area (Å²) in [4.78, 5) is 11.0. The maximum atomic E-state index is 11.0. The van der Waals surface area contributed by atoms with E-state index in [1.54, 1.807) is 29.2 Å². The topological polar surface area (TPSA) is 26.3 Å². The number of methoxy groups -OCH3 is 1. The minimum absolute atomic E-state index is 0.254. The third-order valence-corrected chi connectivity index (χ3v) is 3.31. The number of thioether (sulfide) groups is 1. The zero-order valence-corrected chi connectivity index (χ0v) is 7.92. The number of esters is 1. The summed E-state index contributed by atoms with van der Waals surface area (Å²) in [5, 5.41) is 1.89. The number of thiophene rings is 1. The zero-order chi connectivity index (χ0) is 8.27. The van der Waals surface area contributed by atoms with Crippen LogP contribution in [0.3, 0.4) is 0 Å². The van der Waals surface area contributed by atoms with Crippen molar-refractivity contribution in [3.8, 4) is 0 Å². The van der Waals surface area contributed by atoms with Crippen molar-refractivity contribution in [1.82, 2.24) is 0 Å². The Balaban J connectivity index is 2.92. The van der Waals surface area contributed by atoms with E-state index in [2.05, 4.69) is 4.74 Å². The molecule has 0 fully saturated rings. The first-order valence-corrected chi connectivity index (χ1v) is 5.10. The van der Waals surface area contributed by atoms with Crippen molar-refractivity contribution in [3.05, 3.63) is 17.0 Å². The lowest BCUT2D eigenvalue weighted by Crippen LogP contribution is -1.99. The van der Waals surface area contributed by atoms with E-state index in [0.29, 0.717) is 5.56 Å². The second kappa shape index (κ2) is 3.78. The van der Waals surface area contributed by atoms with Crippen LogP contribution < -0.4 is 0 Å². The second-order valence-corrected chi connectivity index (χ2v) is 3.81. The second-order valence-electron chi connectivity index (χ2n) is 1.82. The van der Waals surface area contributed by atoms with Crippen molar-refractivity contribution >= 4 is 29.1 Å². The molecule has 1 heterocycles. The first-order valence-electron chi connectivity index (χ1n) is 2.99. The number of ether oxygens (including phenoxy) is 1. The molecule has 0 aliphatic rings. The van der Waals surface area contributed by atoms with Gasteiger partial charge in [0.05, 0.1) is 16.9 Å². The highest BCUT2D eigenvalue weighted by Gasteiger charge is 2.11. The van der Waals surface area contributed by atoms with E-state index in [1.165, 1.54) is 7.11 Å². The Morgan fingerprint density at radius 2 is 2.45 bits per heavy atom. The lowest BCUT2D eigenvalue weighted by atomic mass is 10.3. The summed E-state index contributed by atoms with van der Waals surface area (Å²) < 4.78 is 5.60. The molecular weight excluding hydrogens is 180 g/mol. The molecule has 0 saturated heterocycles. The van der Waals surface area contributed by atoms with Crippen molar-refractivity contribution in [2.45, 2.75) is 4.21 Å². The normalized spacial score (nSPS) is 9.64. The molecule has 0 radical (unpaired) electrons. The summed E-state index contributed by atoms with van der Waals surface area (Å²) in [5.41, 5.74) is 0.671. The number of rotatable bonds is 2. The highest BCUT2D eigenvalue weighted by Crippen LogP contribution is 2.26. The Kier molecular flexibility index (Phi) is 2.96. The van der Waals surface area contributed by atoms with Crippen LogP contribution >= 0.6 is 23.1 Å². The monoisotopic (exact) mass is 188 g/mol. The molecule has 4 heteroatoms. The summed E-state index contributed by atoms with van der Waals surface area (Å²) >= 11 is 3.12. The molecule has 0 aliphatic heterocycles. The predicted molar refractivity (Wildman–Crippen MR) is 47.4 cm³/mol. The van der Waals surface area contributed by atoms with Gasteiger partial charge in [0.2, 0.25) is 0 Å². The van der Waals surface area contributed by atoms with Crippen molar-refractivity contribution in [1.29, 1.82) is 0 Å². The van der Waals surface area contributed by atoms with Gasteiger partial charge in [0, 0.05) is 0 Å². The van der Waals surface area contributed by atoms with Crippen molar-refractivity contribution in [3.63, 3.8) is 0 Å². The minimum Gasteiger partial charge on any atom is -0.465 e. The van der Waals surface area contributed by atoms with Crippen LogP contribution in [-0.4, -0.2) is 19.3 Å². The van der Waals surface area contributed by atoms with Gasteiger partial charge in [0.15, 0.2) is 0 Å². The van der Waals surface area contributed by atoms with Gasteiger partial charge in [-0.2, -0.15) is 0 Å². The highest BCUT2D eigenvalue weighted by molar-refractivity contribution is 8.00. The van der Waals surface area contributed by atoms with Gasteiger partial charge < -0.3 is 4.74 Å². The fourth-order valence-electron chi connectivity index (χ4n) is 0.715. The largest absolute Gasteiger partial charge is 0.465 e. The molecule has 11 heavy (non-hydrogen) atoms. The molecule has 0 amide bonds. The van der Waals surface area contributed by atoms with Crippen LogP contribution in [0, 0.1) is 0 Å². The first-order chi connectivity index (χ1) is 5.29. The summed E-state index contributed by atoms with van der Waals surface area (Å²) in [6, 6.07) is 1.78. The van der Waals surface area contributed by atoms with Crippen LogP contribution in [0.25, 0.3) is 0 Å². The van der Waals surface area contributed by atoms with Crippen LogP contribution in [0.5, 0.6) is 0 Å². The third-order valence-electron chi connectivity index (χ3n) is 1.22. The van der Waals surface area contributed by atoms with E-state index in [1.807, 2.05) is 11.6 Å². The molecule has 0 unspecified atom stereocenters. The van der Waals surface area contributed by atoms with Crippen molar-refractivity contribution in [2.24, 2.45) is 0 Å². The molecule has 0 saturated carbocycles. The standard InChI is InChI=1S/C7H8O2S2/c1-9-6(8)5-3-4-11-7(5)10-2/h3-4H,1-2H3. The SMILES string of the molecule is COC(=O)c1ccsc1SC. The van der Waals surface area contributed by atoms with Crippen LogP contribution in [0.1, 0.15) is 10.4 Å². The van der Waals surface area contributed by atoms with Crippen LogP contribution in [0.15, 0.2) is 15.7 Å². The maximum absolute atomic E-state index is 11.0. The Labute approximate surface area is 73.6 Å². The Morgan fingerprint density at radius 3 is 3.00 bits per heavy atom. The van der Waals surface area contributed by atoms with E-state index in [4.69, 9.17) is 0 Å². The van der Waals surface area contributed by atoms with Gasteiger partial charge in [-0.05, 0) is 17.7 Å². The average Bonchev–Trinajstić information content (AvgIpc) is 2.50. The summed E-state index contributed by atoms with van der Waals surface area (Å²) in [7, 11) is 1.39. The Bertz CT molecular complexity index is 255. The maximum Gasteiger partial charge on any atom is 0.339 e. The van der Waals surface area contributed by atoms with Crippen molar-refractivity contribution < 1.29 is 9.53 Å². The summed E-state index contributed by atoms with van der Waals surface area (Å²) in [6.07, 6.45) is 1.94. The predicted octanol–water partition coefficient (Wildman–Crippen LogP) is 2.26. The number of hydrogen-bond donors (Lipinski definition) is 0. The van der Waals surface area contributed by atoms with E-state index in [9.17, 15) is 4.79 Å². The van der Waals surface area contributed by atoms with Crippen LogP contribution in [0.2, 0.25) is 0 Å². The van der Waals surface area contributed by atoms with E-state index < -0.39 is 0 Å². The van der Waals surface area contributed by atoms with Gasteiger partial charge in [-0.3, -0.25) is 0 Å². The molecule has 1 aromatic rings. The smallest absolute Gasteiger partial charge is 0.339 e. The number of carbonyl (C=O) groups is 1. The minimum atomic E-state index is -0.254. The number of carbonyl (C=O) groups excluding carboxylic acids is 1. The molecule has 0 N–H and O–H groups in total. The Hall–Kier alpha value is -0.480. The van der Waals surface area contributed by atoms with Gasteiger partial charge in [-0.15, -0.1) is 23.1 Å². The zero-order valence-electron chi connectivity index (χ0n) is 6.29. The fourth-order valence-corrected chi connectivity index (χ4v) is 2.24. The molecule has 0 bridgehead atoms. The molecule has 0 aliphatic carbocycles. The lowest BCUT2D eigenvalue weighted by Gasteiger charge is -1.96. The summed E-state index contributed by atoms with van der Waals surface area (Å²) in [6.45, 7) is 0. The Morgan fingerprint density at radius 1 is 1.73 bits per heavy atom. The highest BCUT2D eigenvalue weighted by atomic mass is 32.2. The van der Waals surface area contributed by atoms with E-state index in [-0.39, 0.29) is 5.97 Å². The van der Waals surface area contributed by atoms with Gasteiger partial charge in [-0.1, -0.05) is 0 Å². The molecule has 60 valence electrons. The molecule has 0 atom stereocenters. The quantitative estimate of drug-likeness (QED) is 0.526. The van der Waals surface area contributed by atoms with E-state index in [0.717, 1.165) is 4.21 Å². The van der Waals surface area contributed by atoms with E-state index >= 15 is 0 Å². The van der Waals surface area contributed by atoms with Gasteiger partial charge in [0.1, 0.15) is 0 Å². The molecule has 2 nitrogen and oxygen atoms in total. The van der Waals surface area contributed by atoms with Crippen LogP contribution in [0.4, 0.5) is 0 Å². The first kappa shape index (κ1) is 8.62. The van der Waals surface area contributed by atoms with Crippen LogP contribution in [-0.2, 0) is 4.74 Å². The molecular formula is C7H8O2S2. The van der Waals surface area contributed by atoms with Gasteiger partial charge in [-0.25, -0.2) is 4.79 Å². The molecule has 0 spiro atoms. The fraction of sp³-hybridized carbons (Fsp3) is 0.286. The van der Waals surface area contributed by atoms with Gasteiger partial charge >= 0.3 is 5.97 Å². The molecule has 1 aromatic heterocycles. The third kappa shape index (κ3) is 1.75. The lowest BCUT2D eigenvalue weighted by molar-refractivity contribution is 0.0598. The van der Waals surface area contributed by atoms with Crippen molar-refractivity contribution in [2.75, 3.05) is 13.4 Å². The summed E-state index contributed by atoms with van der Waals surface area (Å²) in [5.74, 6) is -0.254.